The van der Waals surface area contributed by atoms with Crippen LogP contribution in [0.2, 0.25) is 0 Å². The minimum atomic E-state index is -4.16. The predicted molar refractivity (Wildman–Crippen MR) is 73.7 cm³/mol. The molecule has 0 amide bonds. The summed E-state index contributed by atoms with van der Waals surface area (Å²) in [7, 11) is 0. The van der Waals surface area contributed by atoms with E-state index in [-0.39, 0.29) is 29.7 Å². The lowest BCUT2D eigenvalue weighted by Gasteiger charge is -2.06. The molecule has 7 heteroatoms. The number of unbranched alkanes of at least 4 members (excludes halogenated alkanes) is 3. The number of esters is 1. The van der Waals surface area contributed by atoms with Gasteiger partial charge in [-0.05, 0) is 37.1 Å². The molecule has 118 valence electrons. The number of ether oxygens (including phenoxy) is 1. The van der Waals surface area contributed by atoms with E-state index in [4.69, 9.17) is 4.74 Å². The first-order chi connectivity index (χ1) is 9.88. The largest absolute Gasteiger partial charge is 0.462 e. The summed E-state index contributed by atoms with van der Waals surface area (Å²) >= 11 is -0.0153. The Morgan fingerprint density at radius 3 is 2.29 bits per heavy atom. The molecule has 2 nitrogen and oxygen atoms in total. The zero-order valence-corrected chi connectivity index (χ0v) is 12.1. The summed E-state index contributed by atoms with van der Waals surface area (Å²) in [6.07, 6.45) is 2.45. The van der Waals surface area contributed by atoms with E-state index in [1.54, 1.807) is 0 Å². The molecular formula is C14H16F4O2S. The molecular weight excluding hydrogens is 308 g/mol. The molecule has 0 N–H and O–H groups in total. The highest BCUT2D eigenvalue weighted by molar-refractivity contribution is 8.00. The van der Waals surface area contributed by atoms with E-state index in [0.717, 1.165) is 0 Å². The number of hydrogen-bond donors (Lipinski definition) is 0. The molecule has 0 bridgehead atoms. The van der Waals surface area contributed by atoms with Gasteiger partial charge in [-0.3, -0.25) is 0 Å². The second-order valence-electron chi connectivity index (χ2n) is 4.35. The van der Waals surface area contributed by atoms with E-state index in [1.807, 2.05) is 0 Å². The Morgan fingerprint density at radius 1 is 1.05 bits per heavy atom. The van der Waals surface area contributed by atoms with Crippen molar-refractivity contribution in [2.24, 2.45) is 0 Å². The molecule has 0 unspecified atom stereocenters. The first-order valence-electron chi connectivity index (χ1n) is 6.52. The Balaban J connectivity index is 2.04. The molecule has 1 aromatic carbocycles. The van der Waals surface area contributed by atoms with Crippen molar-refractivity contribution < 1.29 is 27.1 Å². The summed E-state index contributed by atoms with van der Waals surface area (Å²) in [5.74, 6) is -0.898. The number of carbonyl (C=O) groups is 1. The van der Waals surface area contributed by atoms with Crippen LogP contribution in [0, 0.1) is 5.82 Å². The van der Waals surface area contributed by atoms with E-state index in [2.05, 4.69) is 0 Å². The summed E-state index contributed by atoms with van der Waals surface area (Å²) < 4.78 is 53.2. The summed E-state index contributed by atoms with van der Waals surface area (Å²) in [6.45, 7) is 0.211. The van der Waals surface area contributed by atoms with Gasteiger partial charge >= 0.3 is 11.5 Å². The molecule has 0 aromatic heterocycles. The minimum absolute atomic E-state index is 0.0153. The maximum Gasteiger partial charge on any atom is 0.441 e. The Labute approximate surface area is 124 Å². The molecule has 0 atom stereocenters. The molecule has 1 rings (SSSR count). The Kier molecular flexibility index (Phi) is 7.56. The Bertz CT molecular complexity index is 432. The first-order valence-corrected chi connectivity index (χ1v) is 7.50. The second kappa shape index (κ2) is 8.92. The molecule has 0 radical (unpaired) electrons. The van der Waals surface area contributed by atoms with Gasteiger partial charge < -0.3 is 4.74 Å². The van der Waals surface area contributed by atoms with Gasteiger partial charge in [0.2, 0.25) is 0 Å². The average Bonchev–Trinajstić information content (AvgIpc) is 2.41. The van der Waals surface area contributed by atoms with Crippen LogP contribution in [-0.4, -0.2) is 23.8 Å². The van der Waals surface area contributed by atoms with Crippen molar-refractivity contribution in [1.29, 1.82) is 0 Å². The van der Waals surface area contributed by atoms with E-state index < -0.39 is 17.3 Å². The van der Waals surface area contributed by atoms with Crippen molar-refractivity contribution in [2.75, 3.05) is 12.4 Å². The van der Waals surface area contributed by atoms with Crippen molar-refractivity contribution in [2.45, 2.75) is 31.2 Å². The van der Waals surface area contributed by atoms with Crippen LogP contribution in [0.3, 0.4) is 0 Å². The van der Waals surface area contributed by atoms with Crippen molar-refractivity contribution in [3.05, 3.63) is 35.6 Å². The summed E-state index contributed by atoms with van der Waals surface area (Å²) in [5, 5.41) is 0. The van der Waals surface area contributed by atoms with Gasteiger partial charge in [-0.25, -0.2) is 9.18 Å². The fraction of sp³-hybridized carbons (Fsp3) is 0.500. The molecule has 0 fully saturated rings. The first kappa shape index (κ1) is 17.8. The molecule has 0 aliphatic carbocycles. The van der Waals surface area contributed by atoms with Crippen LogP contribution in [0.4, 0.5) is 17.6 Å². The van der Waals surface area contributed by atoms with Crippen molar-refractivity contribution >= 4 is 17.7 Å². The van der Waals surface area contributed by atoms with Gasteiger partial charge in [0, 0.05) is 5.75 Å². The average molecular weight is 324 g/mol. The molecule has 21 heavy (non-hydrogen) atoms. The number of alkyl halides is 3. The third-order valence-corrected chi connectivity index (χ3v) is 3.44. The lowest BCUT2D eigenvalue weighted by Crippen LogP contribution is -2.06. The van der Waals surface area contributed by atoms with Gasteiger partial charge in [0.25, 0.3) is 0 Å². The zero-order valence-electron chi connectivity index (χ0n) is 11.3. The number of benzene rings is 1. The van der Waals surface area contributed by atoms with Crippen LogP contribution < -0.4 is 0 Å². The Hall–Kier alpha value is -1.24. The summed E-state index contributed by atoms with van der Waals surface area (Å²) in [5.41, 5.74) is -3.89. The van der Waals surface area contributed by atoms with Gasteiger partial charge in [0.1, 0.15) is 5.82 Å². The smallest absolute Gasteiger partial charge is 0.441 e. The van der Waals surface area contributed by atoms with Gasteiger partial charge in [-0.2, -0.15) is 13.2 Å². The standard InChI is InChI=1S/C14H16F4O2S/c15-12-7-5-11(6-8-12)13(19)20-9-3-1-2-4-10-21-14(16,17)18/h5-8H,1-4,9-10H2. The third-order valence-electron chi connectivity index (χ3n) is 2.62. The molecule has 0 aliphatic rings. The van der Waals surface area contributed by atoms with Crippen molar-refractivity contribution in [3.8, 4) is 0 Å². The lowest BCUT2D eigenvalue weighted by atomic mass is 10.2. The highest BCUT2D eigenvalue weighted by Crippen LogP contribution is 2.30. The van der Waals surface area contributed by atoms with Gasteiger partial charge in [0.15, 0.2) is 0 Å². The van der Waals surface area contributed by atoms with Gasteiger partial charge in [-0.1, -0.05) is 24.6 Å². The zero-order chi connectivity index (χ0) is 15.7. The van der Waals surface area contributed by atoms with Gasteiger partial charge in [-0.15, -0.1) is 0 Å². The van der Waals surface area contributed by atoms with Crippen molar-refractivity contribution in [3.63, 3.8) is 0 Å². The summed E-state index contributed by atoms with van der Waals surface area (Å²) in [6, 6.07) is 5.03. The van der Waals surface area contributed by atoms with E-state index in [1.165, 1.54) is 24.3 Å². The number of rotatable bonds is 8. The van der Waals surface area contributed by atoms with E-state index in [0.29, 0.717) is 25.7 Å². The predicted octanol–water partition coefficient (Wildman–Crippen LogP) is 4.80. The molecule has 0 aliphatic heterocycles. The number of thioether (sulfide) groups is 1. The molecule has 0 heterocycles. The number of hydrogen-bond acceptors (Lipinski definition) is 3. The number of carbonyl (C=O) groups excluding carboxylic acids is 1. The van der Waals surface area contributed by atoms with Crippen LogP contribution in [0.1, 0.15) is 36.0 Å². The van der Waals surface area contributed by atoms with Crippen LogP contribution in [0.15, 0.2) is 24.3 Å². The fourth-order valence-electron chi connectivity index (χ4n) is 1.58. The molecule has 1 aromatic rings. The maximum absolute atomic E-state index is 12.7. The highest BCUT2D eigenvalue weighted by Gasteiger charge is 2.27. The van der Waals surface area contributed by atoms with E-state index >= 15 is 0 Å². The molecule has 0 spiro atoms. The minimum Gasteiger partial charge on any atom is -0.462 e. The monoisotopic (exact) mass is 324 g/mol. The maximum atomic E-state index is 12.7. The topological polar surface area (TPSA) is 26.3 Å². The SMILES string of the molecule is O=C(OCCCCCCSC(F)(F)F)c1ccc(F)cc1. The Morgan fingerprint density at radius 2 is 1.67 bits per heavy atom. The normalized spacial score (nSPS) is 11.4. The summed E-state index contributed by atoms with van der Waals surface area (Å²) in [4.78, 5) is 11.5. The van der Waals surface area contributed by atoms with Crippen LogP contribution in [-0.2, 0) is 4.74 Å². The van der Waals surface area contributed by atoms with Gasteiger partial charge in [0.05, 0.1) is 12.2 Å². The molecule has 0 saturated carbocycles. The lowest BCUT2D eigenvalue weighted by molar-refractivity contribution is -0.0328. The van der Waals surface area contributed by atoms with Crippen LogP contribution in [0.25, 0.3) is 0 Å². The third kappa shape index (κ3) is 8.60. The van der Waals surface area contributed by atoms with Crippen LogP contribution >= 0.6 is 11.8 Å². The molecule has 0 saturated heterocycles. The second-order valence-corrected chi connectivity index (χ2v) is 5.51. The highest BCUT2D eigenvalue weighted by atomic mass is 32.2. The van der Waals surface area contributed by atoms with Crippen LogP contribution in [0.5, 0.6) is 0 Å². The van der Waals surface area contributed by atoms with E-state index in [9.17, 15) is 22.4 Å². The number of halogens is 4. The van der Waals surface area contributed by atoms with Crippen molar-refractivity contribution in [1.82, 2.24) is 0 Å². The fourth-order valence-corrected chi connectivity index (χ4v) is 2.16. The quantitative estimate of drug-likeness (QED) is 0.390.